The van der Waals surface area contributed by atoms with E-state index in [9.17, 15) is 0 Å². The molecule has 136 valence electrons. The summed E-state index contributed by atoms with van der Waals surface area (Å²) in [4.78, 5) is 11.9. The minimum atomic E-state index is 0.754. The van der Waals surface area contributed by atoms with E-state index in [1.807, 2.05) is 60.0 Å². The number of thiazole rings is 1. The van der Waals surface area contributed by atoms with Crippen LogP contribution < -0.4 is 5.36 Å². The van der Waals surface area contributed by atoms with Crippen molar-refractivity contribution in [2.24, 2.45) is 4.99 Å². The van der Waals surface area contributed by atoms with Crippen LogP contribution >= 0.6 is 22.7 Å². The van der Waals surface area contributed by atoms with Gasteiger partial charge < -0.3 is 4.42 Å². The number of benzene rings is 2. The molecule has 0 atom stereocenters. The van der Waals surface area contributed by atoms with E-state index in [-0.39, 0.29) is 0 Å². The summed E-state index contributed by atoms with van der Waals surface area (Å²) in [5.41, 5.74) is 2.93. The van der Waals surface area contributed by atoms with E-state index in [1.54, 1.807) is 22.7 Å². The van der Waals surface area contributed by atoms with Crippen LogP contribution in [0.5, 0.6) is 0 Å². The summed E-state index contributed by atoms with van der Waals surface area (Å²) in [6.45, 7) is 2.09. The zero-order chi connectivity index (χ0) is 18.9. The van der Waals surface area contributed by atoms with Crippen LogP contribution in [0.3, 0.4) is 0 Å². The number of fused-ring (bicyclic) bond motifs is 1. The molecule has 5 rings (SSSR count). The summed E-state index contributed by atoms with van der Waals surface area (Å²) >= 11 is 3.27. The lowest BCUT2D eigenvalue weighted by atomic mass is 10.1. The van der Waals surface area contributed by atoms with Crippen LogP contribution in [-0.4, -0.2) is 4.98 Å². The van der Waals surface area contributed by atoms with Crippen molar-refractivity contribution < 1.29 is 4.42 Å². The summed E-state index contributed by atoms with van der Waals surface area (Å²) in [5.74, 6) is 0.823. The van der Waals surface area contributed by atoms with E-state index in [2.05, 4.69) is 25.1 Å². The molecule has 0 saturated carbocycles. The molecule has 0 saturated heterocycles. The summed E-state index contributed by atoms with van der Waals surface area (Å²) in [7, 11) is 0. The molecule has 2 aromatic carbocycles. The van der Waals surface area contributed by atoms with Gasteiger partial charge in [0.25, 0.3) is 0 Å². The van der Waals surface area contributed by atoms with E-state index >= 15 is 0 Å². The number of para-hydroxylation sites is 1. The third-order valence-electron chi connectivity index (χ3n) is 4.46. The Kier molecular flexibility index (Phi) is 4.39. The van der Waals surface area contributed by atoms with Crippen molar-refractivity contribution in [3.63, 3.8) is 0 Å². The van der Waals surface area contributed by atoms with E-state index < -0.39 is 0 Å². The maximum atomic E-state index is 6.12. The molecule has 0 aliphatic rings. The Morgan fingerprint density at radius 2 is 1.75 bits per heavy atom. The zero-order valence-corrected chi connectivity index (χ0v) is 16.8. The fourth-order valence-corrected chi connectivity index (χ4v) is 4.64. The van der Waals surface area contributed by atoms with Crippen molar-refractivity contribution in [2.45, 2.75) is 6.92 Å². The maximum Gasteiger partial charge on any atom is 0.210 e. The molecule has 5 heteroatoms. The van der Waals surface area contributed by atoms with Crippen LogP contribution in [0.2, 0.25) is 0 Å². The molecule has 0 bridgehead atoms. The standard InChI is InChI=1S/C23H16N2OS2/c1-15-22(16-8-3-2-4-9-16)25-23(28-15)24-18-14-20(21-12-7-13-27-21)26-19-11-6-5-10-17(18)19/h2-14H,1H3/b24-18+. The van der Waals surface area contributed by atoms with Gasteiger partial charge >= 0.3 is 0 Å². The second kappa shape index (κ2) is 7.19. The van der Waals surface area contributed by atoms with Crippen molar-refractivity contribution in [3.8, 4) is 21.9 Å². The first-order valence-electron chi connectivity index (χ1n) is 8.92. The Hall–Kier alpha value is -3.02. The molecule has 3 nitrogen and oxygen atoms in total. The SMILES string of the molecule is Cc1sc(/N=c2\cc(-c3cccs3)oc3ccccc23)nc1-c1ccccc1. The Morgan fingerprint density at radius 1 is 0.929 bits per heavy atom. The van der Waals surface area contributed by atoms with Gasteiger partial charge in [0.1, 0.15) is 11.3 Å². The predicted molar refractivity (Wildman–Crippen MR) is 117 cm³/mol. The molecule has 0 aliphatic carbocycles. The minimum Gasteiger partial charge on any atom is -0.455 e. The summed E-state index contributed by atoms with van der Waals surface area (Å²) < 4.78 is 6.12. The van der Waals surface area contributed by atoms with Gasteiger partial charge in [0, 0.05) is 21.9 Å². The van der Waals surface area contributed by atoms with Crippen LogP contribution in [-0.2, 0) is 0 Å². The normalized spacial score (nSPS) is 12.0. The van der Waals surface area contributed by atoms with E-state index in [0.29, 0.717) is 0 Å². The summed E-state index contributed by atoms with van der Waals surface area (Å²) in [6, 6.07) is 24.3. The second-order valence-corrected chi connectivity index (χ2v) is 8.48. The predicted octanol–water partition coefficient (Wildman–Crippen LogP) is 6.83. The monoisotopic (exact) mass is 400 g/mol. The Morgan fingerprint density at radius 3 is 2.57 bits per heavy atom. The lowest BCUT2D eigenvalue weighted by Crippen LogP contribution is -2.02. The Balaban J connectivity index is 1.70. The number of nitrogens with zero attached hydrogens (tertiary/aromatic N) is 2. The fourth-order valence-electron chi connectivity index (χ4n) is 3.15. The number of hydrogen-bond donors (Lipinski definition) is 0. The molecule has 0 amide bonds. The van der Waals surface area contributed by atoms with Gasteiger partial charge in [0.05, 0.1) is 15.9 Å². The molecule has 28 heavy (non-hydrogen) atoms. The molecule has 5 aromatic rings. The van der Waals surface area contributed by atoms with Gasteiger partial charge in [-0.05, 0) is 30.5 Å². The zero-order valence-electron chi connectivity index (χ0n) is 15.1. The summed E-state index contributed by atoms with van der Waals surface area (Å²) in [5, 5.41) is 4.66. The van der Waals surface area contributed by atoms with E-state index in [4.69, 9.17) is 14.4 Å². The number of aryl methyl sites for hydroxylation is 1. The first-order chi connectivity index (χ1) is 13.8. The Bertz CT molecular complexity index is 1320. The van der Waals surface area contributed by atoms with Crippen LogP contribution in [0.1, 0.15) is 4.88 Å². The van der Waals surface area contributed by atoms with Crippen molar-refractivity contribution in [1.82, 2.24) is 4.98 Å². The van der Waals surface area contributed by atoms with Crippen LogP contribution in [0, 0.1) is 6.92 Å². The smallest absolute Gasteiger partial charge is 0.210 e. The Labute approximate surface area is 170 Å². The molecule has 0 spiro atoms. The first-order valence-corrected chi connectivity index (χ1v) is 10.6. The van der Waals surface area contributed by atoms with Gasteiger partial charge in [-0.15, -0.1) is 11.3 Å². The van der Waals surface area contributed by atoms with Gasteiger partial charge in [-0.2, -0.15) is 0 Å². The highest BCUT2D eigenvalue weighted by molar-refractivity contribution is 7.15. The molecular formula is C23H16N2OS2. The van der Waals surface area contributed by atoms with Crippen molar-refractivity contribution in [1.29, 1.82) is 0 Å². The first kappa shape index (κ1) is 17.1. The molecule has 3 heterocycles. The number of rotatable bonds is 3. The fraction of sp³-hybridized carbons (Fsp3) is 0.0435. The molecule has 0 radical (unpaired) electrons. The average molecular weight is 401 g/mol. The lowest BCUT2D eigenvalue weighted by molar-refractivity contribution is 0.620. The number of hydrogen-bond acceptors (Lipinski definition) is 5. The van der Waals surface area contributed by atoms with Crippen LogP contribution in [0.15, 0.2) is 87.6 Å². The van der Waals surface area contributed by atoms with E-state index in [1.165, 1.54) is 0 Å². The van der Waals surface area contributed by atoms with E-state index in [0.717, 1.165) is 48.2 Å². The average Bonchev–Trinajstić information content (AvgIpc) is 3.39. The molecule has 0 fully saturated rings. The highest BCUT2D eigenvalue weighted by Gasteiger charge is 2.10. The minimum absolute atomic E-state index is 0.754. The number of aromatic nitrogens is 1. The third-order valence-corrected chi connectivity index (χ3v) is 6.21. The van der Waals surface area contributed by atoms with Crippen molar-refractivity contribution in [3.05, 3.63) is 88.4 Å². The molecule has 0 aliphatic heterocycles. The third kappa shape index (κ3) is 3.19. The lowest BCUT2D eigenvalue weighted by Gasteiger charge is -2.02. The van der Waals surface area contributed by atoms with Crippen LogP contribution in [0.25, 0.3) is 32.9 Å². The van der Waals surface area contributed by atoms with Crippen molar-refractivity contribution >= 4 is 38.8 Å². The topological polar surface area (TPSA) is 38.4 Å². The second-order valence-electron chi connectivity index (χ2n) is 6.35. The quantitative estimate of drug-likeness (QED) is 0.333. The molecular weight excluding hydrogens is 384 g/mol. The van der Waals surface area contributed by atoms with Gasteiger partial charge in [0.2, 0.25) is 5.13 Å². The molecule has 3 aromatic heterocycles. The van der Waals surface area contributed by atoms with Gasteiger partial charge in [-0.3, -0.25) is 0 Å². The van der Waals surface area contributed by atoms with Gasteiger partial charge in [-0.1, -0.05) is 59.9 Å². The highest BCUT2D eigenvalue weighted by atomic mass is 32.1. The molecule has 0 N–H and O–H groups in total. The van der Waals surface area contributed by atoms with Gasteiger partial charge in [0.15, 0.2) is 0 Å². The molecule has 0 unspecified atom stereocenters. The maximum absolute atomic E-state index is 6.12. The van der Waals surface area contributed by atoms with Crippen molar-refractivity contribution in [2.75, 3.05) is 0 Å². The largest absolute Gasteiger partial charge is 0.455 e. The van der Waals surface area contributed by atoms with Gasteiger partial charge in [-0.25, -0.2) is 9.98 Å². The summed E-state index contributed by atoms with van der Waals surface area (Å²) in [6.07, 6.45) is 0. The highest BCUT2D eigenvalue weighted by Crippen LogP contribution is 2.32. The van der Waals surface area contributed by atoms with Crippen LogP contribution in [0.4, 0.5) is 5.13 Å². The number of thiophene rings is 1.